The summed E-state index contributed by atoms with van der Waals surface area (Å²) in [6.07, 6.45) is 2.25. The van der Waals surface area contributed by atoms with Gasteiger partial charge in [0.15, 0.2) is 0 Å². The summed E-state index contributed by atoms with van der Waals surface area (Å²) in [4.78, 5) is 13.3. The van der Waals surface area contributed by atoms with Gasteiger partial charge in [-0.3, -0.25) is 4.79 Å². The van der Waals surface area contributed by atoms with Gasteiger partial charge in [0.25, 0.3) is 0 Å². The van der Waals surface area contributed by atoms with Crippen molar-refractivity contribution in [3.63, 3.8) is 0 Å². The molecule has 3 heteroatoms. The second-order valence-electron chi connectivity index (χ2n) is 4.47. The fraction of sp³-hybridized carbons (Fsp3) is 0.462. The third kappa shape index (κ3) is 2.35. The van der Waals surface area contributed by atoms with E-state index in [4.69, 9.17) is 5.73 Å². The smallest absolute Gasteiger partial charge is 0.219 e. The molecule has 0 radical (unpaired) electrons. The molecule has 3 nitrogen and oxygen atoms in total. The Labute approximate surface area is 96.2 Å². The zero-order chi connectivity index (χ0) is 11.5. The first-order valence-corrected chi connectivity index (χ1v) is 5.78. The van der Waals surface area contributed by atoms with E-state index in [-0.39, 0.29) is 5.91 Å². The number of anilines is 1. The van der Waals surface area contributed by atoms with E-state index >= 15 is 0 Å². The molecule has 1 fully saturated rings. The lowest BCUT2D eigenvalue weighted by atomic mass is 9.90. The van der Waals surface area contributed by atoms with Crippen molar-refractivity contribution in [2.24, 2.45) is 0 Å². The third-order valence-corrected chi connectivity index (χ3v) is 3.27. The Hall–Kier alpha value is -1.51. The van der Waals surface area contributed by atoms with Gasteiger partial charge in [0, 0.05) is 31.6 Å². The van der Waals surface area contributed by atoms with Crippen molar-refractivity contribution in [1.82, 2.24) is 4.90 Å². The number of nitrogens with zero attached hydrogens (tertiary/aromatic N) is 1. The van der Waals surface area contributed by atoms with E-state index in [1.165, 1.54) is 5.56 Å². The van der Waals surface area contributed by atoms with E-state index in [2.05, 4.69) is 12.1 Å². The Morgan fingerprint density at radius 1 is 1.38 bits per heavy atom. The maximum absolute atomic E-state index is 11.3. The number of nitrogens with two attached hydrogens (primary N) is 1. The monoisotopic (exact) mass is 218 g/mol. The average molecular weight is 218 g/mol. The molecule has 0 aliphatic carbocycles. The van der Waals surface area contributed by atoms with Crippen LogP contribution in [0.1, 0.15) is 31.2 Å². The summed E-state index contributed by atoms with van der Waals surface area (Å²) in [5.74, 6) is 0.651. The predicted molar refractivity (Wildman–Crippen MR) is 65.1 cm³/mol. The standard InChI is InChI=1S/C13H18N2O/c1-10(16)15-8-2-3-12(9-15)11-4-6-13(14)7-5-11/h4-7,12H,2-3,8-9,14H2,1H3/t12-/m0/s1. The molecule has 1 heterocycles. The van der Waals surface area contributed by atoms with Crippen molar-refractivity contribution in [3.8, 4) is 0 Å². The first-order valence-electron chi connectivity index (χ1n) is 5.78. The van der Waals surface area contributed by atoms with Gasteiger partial charge in [-0.25, -0.2) is 0 Å². The van der Waals surface area contributed by atoms with Crippen LogP contribution in [-0.2, 0) is 4.79 Å². The third-order valence-electron chi connectivity index (χ3n) is 3.27. The van der Waals surface area contributed by atoms with Crippen LogP contribution in [0.4, 0.5) is 5.69 Å². The van der Waals surface area contributed by atoms with E-state index < -0.39 is 0 Å². The summed E-state index contributed by atoms with van der Waals surface area (Å²) in [5, 5.41) is 0. The molecule has 0 bridgehead atoms. The highest BCUT2D eigenvalue weighted by Gasteiger charge is 2.22. The molecule has 0 spiro atoms. The molecule has 2 N–H and O–H groups in total. The van der Waals surface area contributed by atoms with Gasteiger partial charge in [-0.1, -0.05) is 12.1 Å². The number of likely N-dealkylation sites (tertiary alicyclic amines) is 1. The van der Waals surface area contributed by atoms with Crippen molar-refractivity contribution in [3.05, 3.63) is 29.8 Å². The van der Waals surface area contributed by atoms with E-state index in [9.17, 15) is 4.79 Å². The molecule has 0 unspecified atom stereocenters. The Morgan fingerprint density at radius 3 is 2.69 bits per heavy atom. The Bertz CT molecular complexity index is 372. The largest absolute Gasteiger partial charge is 0.399 e. The van der Waals surface area contributed by atoms with E-state index in [0.717, 1.165) is 31.6 Å². The molecular formula is C13H18N2O. The summed E-state index contributed by atoms with van der Waals surface area (Å²) >= 11 is 0. The lowest BCUT2D eigenvalue weighted by molar-refractivity contribution is -0.130. The van der Waals surface area contributed by atoms with Crippen molar-refractivity contribution >= 4 is 11.6 Å². The highest BCUT2D eigenvalue weighted by molar-refractivity contribution is 5.73. The molecule has 1 atom stereocenters. The summed E-state index contributed by atoms with van der Waals surface area (Å²) in [6, 6.07) is 8.01. The fourth-order valence-corrected chi connectivity index (χ4v) is 2.30. The van der Waals surface area contributed by atoms with Crippen molar-refractivity contribution in [2.45, 2.75) is 25.7 Å². The fourth-order valence-electron chi connectivity index (χ4n) is 2.30. The lowest BCUT2D eigenvalue weighted by Gasteiger charge is -2.32. The number of amides is 1. The molecule has 1 amide bonds. The minimum absolute atomic E-state index is 0.181. The summed E-state index contributed by atoms with van der Waals surface area (Å²) in [5.41, 5.74) is 7.75. The van der Waals surface area contributed by atoms with Crippen LogP contribution in [0.25, 0.3) is 0 Å². The number of hydrogen-bond donors (Lipinski definition) is 1. The number of carbonyl (C=O) groups excluding carboxylic acids is 1. The van der Waals surface area contributed by atoms with Crippen LogP contribution in [0.2, 0.25) is 0 Å². The quantitative estimate of drug-likeness (QED) is 0.733. The topological polar surface area (TPSA) is 46.3 Å². The average Bonchev–Trinajstić information content (AvgIpc) is 2.30. The van der Waals surface area contributed by atoms with Gasteiger partial charge in [-0.2, -0.15) is 0 Å². The number of carbonyl (C=O) groups is 1. The van der Waals surface area contributed by atoms with Crippen LogP contribution in [0.15, 0.2) is 24.3 Å². The molecule has 86 valence electrons. The zero-order valence-electron chi connectivity index (χ0n) is 9.65. The second kappa shape index (κ2) is 4.56. The molecule has 0 saturated carbocycles. The molecule has 16 heavy (non-hydrogen) atoms. The summed E-state index contributed by atoms with van der Waals surface area (Å²) in [6.45, 7) is 3.39. The van der Waals surface area contributed by atoms with Crippen LogP contribution >= 0.6 is 0 Å². The SMILES string of the molecule is CC(=O)N1CCC[C@H](c2ccc(N)cc2)C1. The predicted octanol–water partition coefficient (Wildman–Crippen LogP) is 1.99. The molecule has 1 aliphatic heterocycles. The molecule has 1 aliphatic rings. The number of rotatable bonds is 1. The van der Waals surface area contributed by atoms with Crippen LogP contribution in [0.5, 0.6) is 0 Å². The van der Waals surface area contributed by atoms with E-state index in [0.29, 0.717) is 5.92 Å². The van der Waals surface area contributed by atoms with Gasteiger partial charge < -0.3 is 10.6 Å². The molecule has 1 saturated heterocycles. The highest BCUT2D eigenvalue weighted by atomic mass is 16.2. The molecular weight excluding hydrogens is 200 g/mol. The first kappa shape index (κ1) is 11.0. The van der Waals surface area contributed by atoms with Crippen molar-refractivity contribution in [1.29, 1.82) is 0 Å². The van der Waals surface area contributed by atoms with Gasteiger partial charge in [0.2, 0.25) is 5.91 Å². The van der Waals surface area contributed by atoms with Crippen LogP contribution in [0.3, 0.4) is 0 Å². The number of piperidine rings is 1. The molecule has 1 aromatic rings. The van der Waals surface area contributed by atoms with Gasteiger partial charge in [0.1, 0.15) is 0 Å². The maximum Gasteiger partial charge on any atom is 0.219 e. The van der Waals surface area contributed by atoms with E-state index in [1.807, 2.05) is 17.0 Å². The molecule has 2 rings (SSSR count). The highest BCUT2D eigenvalue weighted by Crippen LogP contribution is 2.27. The van der Waals surface area contributed by atoms with Gasteiger partial charge in [0.05, 0.1) is 0 Å². The zero-order valence-corrected chi connectivity index (χ0v) is 9.65. The van der Waals surface area contributed by atoms with Crippen LogP contribution < -0.4 is 5.73 Å². The van der Waals surface area contributed by atoms with Crippen LogP contribution in [0, 0.1) is 0 Å². The first-order chi connectivity index (χ1) is 7.66. The summed E-state index contributed by atoms with van der Waals surface area (Å²) in [7, 11) is 0. The second-order valence-corrected chi connectivity index (χ2v) is 4.47. The molecule has 0 aromatic heterocycles. The Balaban J connectivity index is 2.09. The van der Waals surface area contributed by atoms with E-state index in [1.54, 1.807) is 6.92 Å². The Morgan fingerprint density at radius 2 is 2.06 bits per heavy atom. The number of benzene rings is 1. The van der Waals surface area contributed by atoms with Gasteiger partial charge >= 0.3 is 0 Å². The van der Waals surface area contributed by atoms with Crippen molar-refractivity contribution in [2.75, 3.05) is 18.8 Å². The summed E-state index contributed by atoms with van der Waals surface area (Å²) < 4.78 is 0. The van der Waals surface area contributed by atoms with Gasteiger partial charge in [-0.15, -0.1) is 0 Å². The van der Waals surface area contributed by atoms with Crippen LogP contribution in [-0.4, -0.2) is 23.9 Å². The maximum atomic E-state index is 11.3. The number of hydrogen-bond acceptors (Lipinski definition) is 2. The van der Waals surface area contributed by atoms with Gasteiger partial charge in [-0.05, 0) is 30.5 Å². The normalized spacial score (nSPS) is 20.8. The minimum atomic E-state index is 0.181. The minimum Gasteiger partial charge on any atom is -0.399 e. The van der Waals surface area contributed by atoms with Crippen molar-refractivity contribution < 1.29 is 4.79 Å². The lowest BCUT2D eigenvalue weighted by Crippen LogP contribution is -2.37. The Kier molecular flexibility index (Phi) is 3.13. The number of nitrogen functional groups attached to an aromatic ring is 1. The molecule has 1 aromatic carbocycles.